The van der Waals surface area contributed by atoms with Crippen molar-refractivity contribution >= 4 is 22.6 Å². The van der Waals surface area contributed by atoms with Crippen LogP contribution < -0.4 is 0 Å². The molecule has 0 aliphatic carbocycles. The Balaban J connectivity index is 4.78. The van der Waals surface area contributed by atoms with Crippen LogP contribution in [0.3, 0.4) is 0 Å². The largest absolute Gasteiger partial charge is 0.359 e. The molecule has 0 radical (unpaired) electrons. The van der Waals surface area contributed by atoms with Gasteiger partial charge in [0.25, 0.3) is 0 Å². The van der Waals surface area contributed by atoms with Crippen LogP contribution in [0, 0.1) is 0 Å². The second-order valence-electron chi connectivity index (χ2n) is 3.86. The minimum atomic E-state index is -4.28. The van der Waals surface area contributed by atoms with Gasteiger partial charge >= 0.3 is 21.3 Å². The Bertz CT molecular complexity index is 410. The van der Waals surface area contributed by atoms with Gasteiger partial charge in [-0.15, -0.1) is 0 Å². The molecule has 0 heterocycles. The van der Waals surface area contributed by atoms with E-state index in [0.29, 0.717) is 6.92 Å². The zero-order chi connectivity index (χ0) is 14.1. The molecule has 0 aliphatic heterocycles. The Labute approximate surface area is 98.5 Å². The van der Waals surface area contributed by atoms with E-state index in [0.717, 1.165) is 26.7 Å². The lowest BCUT2D eigenvalue weighted by Gasteiger charge is -2.22. The van der Waals surface area contributed by atoms with E-state index in [4.69, 9.17) is 0 Å². The molecule has 2 atom stereocenters. The molecule has 0 saturated heterocycles. The van der Waals surface area contributed by atoms with Crippen LogP contribution in [0.1, 0.15) is 6.92 Å². The number of alkyl halides is 2. The summed E-state index contributed by atoms with van der Waals surface area (Å²) in [5.41, 5.74) is 0. The van der Waals surface area contributed by atoms with Crippen molar-refractivity contribution in [2.75, 3.05) is 26.7 Å². The first-order chi connectivity index (χ1) is 7.12. The predicted molar refractivity (Wildman–Crippen MR) is 60.4 cm³/mol. The van der Waals surface area contributed by atoms with Gasteiger partial charge in [-0.2, -0.15) is 8.78 Å². The van der Waals surface area contributed by atoms with Crippen molar-refractivity contribution in [3.8, 4) is 0 Å². The Morgan fingerprint density at radius 2 is 1.29 bits per heavy atom. The molecule has 104 valence electrons. The fourth-order valence-electron chi connectivity index (χ4n) is 0.949. The molecule has 0 saturated carbocycles. The molecule has 0 amide bonds. The molecule has 11 heteroatoms. The van der Waals surface area contributed by atoms with Gasteiger partial charge in [0.1, 0.15) is 0 Å². The maximum atomic E-state index is 12.5. The number of halogens is 2. The average molecular weight is 314 g/mol. The Morgan fingerprint density at radius 3 is 1.59 bits per heavy atom. The van der Waals surface area contributed by atoms with E-state index in [1.54, 1.807) is 0 Å². The summed E-state index contributed by atoms with van der Waals surface area (Å²) in [6.07, 6.45) is -3.70. The van der Waals surface area contributed by atoms with Crippen LogP contribution in [0.4, 0.5) is 8.78 Å². The van der Waals surface area contributed by atoms with Gasteiger partial charge in [0.05, 0.1) is 0 Å². The van der Waals surface area contributed by atoms with Crippen LogP contribution in [0.5, 0.6) is 0 Å². The van der Waals surface area contributed by atoms with Crippen molar-refractivity contribution in [3.63, 3.8) is 0 Å². The van der Waals surface area contributed by atoms with Gasteiger partial charge in [-0.3, -0.25) is 18.0 Å². The topological polar surface area (TPSA) is 78.9 Å². The molecule has 0 rings (SSSR count). The van der Waals surface area contributed by atoms with E-state index in [-0.39, 0.29) is 0 Å². The minimum Gasteiger partial charge on any atom is -0.293 e. The van der Waals surface area contributed by atoms with Crippen molar-refractivity contribution in [2.45, 2.75) is 13.0 Å². The molecule has 17 heavy (non-hydrogen) atoms. The van der Waals surface area contributed by atoms with E-state index >= 15 is 0 Å². The van der Waals surface area contributed by atoms with Gasteiger partial charge in [-0.05, 0) is 0 Å². The molecule has 0 fully saturated rings. The molecule has 0 aromatic rings. The van der Waals surface area contributed by atoms with Crippen molar-refractivity contribution in [1.82, 2.24) is 0 Å². The maximum Gasteiger partial charge on any atom is 0.359 e. The molecule has 0 N–H and O–H groups in total. The lowest BCUT2D eigenvalue weighted by Crippen LogP contribution is -2.13. The van der Waals surface area contributed by atoms with Crippen molar-refractivity contribution < 1.29 is 35.6 Å². The van der Waals surface area contributed by atoms with Crippen molar-refractivity contribution in [3.05, 3.63) is 0 Å². The Morgan fingerprint density at radius 1 is 0.882 bits per heavy atom. The molecule has 0 aliphatic rings. The van der Waals surface area contributed by atoms with Crippen LogP contribution >= 0.6 is 22.6 Å². The van der Waals surface area contributed by atoms with Crippen LogP contribution in [0.2, 0.25) is 0 Å². The highest BCUT2D eigenvalue weighted by Crippen LogP contribution is 2.67. The lowest BCUT2D eigenvalue weighted by atomic mass is 10.8. The molecule has 0 spiro atoms. The molecule has 0 aromatic heterocycles. The highest BCUT2D eigenvalue weighted by Gasteiger charge is 2.39. The van der Waals surface area contributed by atoms with Gasteiger partial charge in [0.2, 0.25) is 7.37 Å². The first kappa shape index (κ1) is 17.4. The number of rotatable bonds is 6. The summed E-state index contributed by atoms with van der Waals surface area (Å²) in [5.74, 6) is 0. The molecular formula is C6H15F2O6P3. The summed E-state index contributed by atoms with van der Waals surface area (Å²) in [6, 6.07) is 0. The van der Waals surface area contributed by atoms with Gasteiger partial charge in [-0.25, -0.2) is 8.83 Å². The fourth-order valence-corrected chi connectivity index (χ4v) is 7.07. The van der Waals surface area contributed by atoms with Crippen LogP contribution in [-0.2, 0) is 26.8 Å². The summed E-state index contributed by atoms with van der Waals surface area (Å²) in [4.78, 5) is 0. The first-order valence-corrected chi connectivity index (χ1v) is 10.8. The van der Waals surface area contributed by atoms with Gasteiger partial charge in [-0.1, -0.05) is 0 Å². The second-order valence-corrected chi connectivity index (χ2v) is 10.9. The zero-order valence-electron chi connectivity index (χ0n) is 10.0. The summed E-state index contributed by atoms with van der Waals surface area (Å²) in [6.45, 7) is 4.27. The highest BCUT2D eigenvalue weighted by atomic mass is 31.3. The molecular weight excluding hydrogens is 299 g/mol. The average Bonchev–Trinajstić information content (AvgIpc) is 1.65. The minimum absolute atomic E-state index is 0.360. The standard InChI is InChI=1S/C6H15F2O6P3/c1-6(7,8)12-16(4,10)14-17(5,11)13-15(2,3)9/h1-5H3. The van der Waals surface area contributed by atoms with E-state index in [9.17, 15) is 22.5 Å². The van der Waals surface area contributed by atoms with E-state index in [1.165, 1.54) is 0 Å². The maximum absolute atomic E-state index is 12.5. The highest BCUT2D eigenvalue weighted by molar-refractivity contribution is 7.73. The Kier molecular flexibility index (Phi) is 5.33. The smallest absolute Gasteiger partial charge is 0.293 e. The molecule has 2 unspecified atom stereocenters. The fraction of sp³-hybridized carbons (Fsp3) is 1.00. The Hall–Kier alpha value is 0.430. The normalized spacial score (nSPS) is 20.6. The first-order valence-electron chi connectivity index (χ1n) is 4.33. The molecule has 0 aromatic carbocycles. The summed E-state index contributed by atoms with van der Waals surface area (Å²) < 4.78 is 72.1. The van der Waals surface area contributed by atoms with E-state index in [2.05, 4.69) is 13.1 Å². The second kappa shape index (κ2) is 5.20. The quantitative estimate of drug-likeness (QED) is 0.693. The monoisotopic (exact) mass is 314 g/mol. The third kappa shape index (κ3) is 10.1. The van der Waals surface area contributed by atoms with Gasteiger partial charge in [0, 0.05) is 33.6 Å². The number of hydrogen-bond donors (Lipinski definition) is 0. The predicted octanol–water partition coefficient (Wildman–Crippen LogP) is 3.83. The summed E-state index contributed by atoms with van der Waals surface area (Å²) in [5, 5.41) is 0. The third-order valence-corrected chi connectivity index (χ3v) is 6.75. The zero-order valence-corrected chi connectivity index (χ0v) is 12.7. The summed E-state index contributed by atoms with van der Waals surface area (Å²) in [7, 11) is -11.5. The van der Waals surface area contributed by atoms with E-state index in [1.807, 2.05) is 0 Å². The van der Waals surface area contributed by atoms with Crippen molar-refractivity contribution in [1.29, 1.82) is 0 Å². The van der Waals surface area contributed by atoms with Gasteiger partial charge in [0.15, 0.2) is 0 Å². The van der Waals surface area contributed by atoms with E-state index < -0.39 is 28.7 Å². The number of hydrogen-bond acceptors (Lipinski definition) is 6. The molecule has 6 nitrogen and oxygen atoms in total. The van der Waals surface area contributed by atoms with Crippen molar-refractivity contribution in [2.24, 2.45) is 0 Å². The molecule has 0 bridgehead atoms. The lowest BCUT2D eigenvalue weighted by molar-refractivity contribution is -0.161. The third-order valence-electron chi connectivity index (χ3n) is 0.968. The SMILES string of the molecule is CC(F)(F)OP(C)(=O)OP(C)(=O)OP(C)(C)=O. The van der Waals surface area contributed by atoms with Crippen LogP contribution in [0.15, 0.2) is 0 Å². The van der Waals surface area contributed by atoms with Gasteiger partial charge < -0.3 is 0 Å². The van der Waals surface area contributed by atoms with Crippen LogP contribution in [0.25, 0.3) is 0 Å². The summed E-state index contributed by atoms with van der Waals surface area (Å²) >= 11 is 0. The van der Waals surface area contributed by atoms with Crippen LogP contribution in [-0.4, -0.2) is 32.8 Å².